The minimum absolute atomic E-state index is 0.0879. The first-order chi connectivity index (χ1) is 9.67. The lowest BCUT2D eigenvalue weighted by molar-refractivity contribution is -0.120. The Kier molecular flexibility index (Phi) is 7.60. The van der Waals surface area contributed by atoms with Gasteiger partial charge < -0.3 is 20.1 Å². The Morgan fingerprint density at radius 1 is 1.30 bits per heavy atom. The molecular weight excluding hydrogens is 263 g/mol. The van der Waals surface area contributed by atoms with Crippen molar-refractivity contribution in [2.45, 2.75) is 6.42 Å². The van der Waals surface area contributed by atoms with Crippen LogP contribution in [0.5, 0.6) is 5.75 Å². The molecule has 5 nitrogen and oxygen atoms in total. The standard InChI is InChI=1S/C14H21FN2O3/c1-19-8-7-16-10-14(18)17-6-5-11-3-4-13(20-2)12(15)9-11/h3-4,9,16H,5-8,10H2,1-2H3,(H,17,18). The summed E-state index contributed by atoms with van der Waals surface area (Å²) in [6, 6.07) is 4.78. The maximum absolute atomic E-state index is 13.4. The molecule has 1 aromatic rings. The number of methoxy groups -OCH3 is 2. The Morgan fingerprint density at radius 2 is 2.10 bits per heavy atom. The number of rotatable bonds is 9. The van der Waals surface area contributed by atoms with Gasteiger partial charge in [-0.3, -0.25) is 4.79 Å². The number of ether oxygens (including phenoxy) is 2. The summed E-state index contributed by atoms with van der Waals surface area (Å²) in [5, 5.41) is 5.71. The van der Waals surface area contributed by atoms with Gasteiger partial charge in [-0.2, -0.15) is 0 Å². The van der Waals surface area contributed by atoms with Gasteiger partial charge in [0, 0.05) is 20.2 Å². The molecular formula is C14H21FN2O3. The van der Waals surface area contributed by atoms with Crippen LogP contribution in [-0.2, 0) is 16.0 Å². The Balaban J connectivity index is 2.23. The molecule has 0 radical (unpaired) electrons. The van der Waals surface area contributed by atoms with Gasteiger partial charge in [0.1, 0.15) is 0 Å². The largest absolute Gasteiger partial charge is 0.494 e. The van der Waals surface area contributed by atoms with Crippen molar-refractivity contribution >= 4 is 5.91 Å². The van der Waals surface area contributed by atoms with Crippen LogP contribution in [0.15, 0.2) is 18.2 Å². The maximum atomic E-state index is 13.4. The molecule has 0 fully saturated rings. The first-order valence-corrected chi connectivity index (χ1v) is 6.46. The zero-order valence-corrected chi connectivity index (χ0v) is 11.9. The molecule has 0 aliphatic heterocycles. The van der Waals surface area contributed by atoms with Crippen LogP contribution in [0.25, 0.3) is 0 Å². The molecule has 6 heteroatoms. The van der Waals surface area contributed by atoms with E-state index in [4.69, 9.17) is 9.47 Å². The van der Waals surface area contributed by atoms with Crippen LogP contribution in [0, 0.1) is 5.82 Å². The van der Waals surface area contributed by atoms with Crippen LogP contribution in [0.2, 0.25) is 0 Å². The van der Waals surface area contributed by atoms with Crippen LogP contribution in [0.4, 0.5) is 4.39 Å². The second kappa shape index (κ2) is 9.28. The Morgan fingerprint density at radius 3 is 2.75 bits per heavy atom. The molecule has 0 spiro atoms. The summed E-state index contributed by atoms with van der Waals surface area (Å²) in [7, 11) is 3.03. The molecule has 2 N–H and O–H groups in total. The summed E-state index contributed by atoms with van der Waals surface area (Å²) in [5.74, 6) is -0.257. The molecule has 1 aromatic carbocycles. The SMILES string of the molecule is COCCNCC(=O)NCCc1ccc(OC)c(F)c1. The molecule has 112 valence electrons. The molecule has 0 heterocycles. The summed E-state index contributed by atoms with van der Waals surface area (Å²) in [6.45, 7) is 1.92. The monoisotopic (exact) mass is 284 g/mol. The zero-order chi connectivity index (χ0) is 14.8. The number of hydrogen-bond donors (Lipinski definition) is 2. The highest BCUT2D eigenvalue weighted by Crippen LogP contribution is 2.17. The topological polar surface area (TPSA) is 59.6 Å². The van der Waals surface area contributed by atoms with Crippen molar-refractivity contribution in [3.8, 4) is 5.75 Å². The Labute approximate surface area is 118 Å². The number of nitrogens with one attached hydrogen (secondary N) is 2. The van der Waals surface area contributed by atoms with Crippen LogP contribution in [0.3, 0.4) is 0 Å². The van der Waals surface area contributed by atoms with E-state index < -0.39 is 5.82 Å². The Hall–Kier alpha value is -1.66. The van der Waals surface area contributed by atoms with E-state index >= 15 is 0 Å². The molecule has 1 amide bonds. The molecule has 0 atom stereocenters. The third kappa shape index (κ3) is 5.99. The number of carbonyl (C=O) groups excluding carboxylic acids is 1. The summed E-state index contributed by atoms with van der Waals surface area (Å²) in [6.07, 6.45) is 0.574. The molecule has 0 saturated heterocycles. The highest BCUT2D eigenvalue weighted by molar-refractivity contribution is 5.77. The number of carbonyl (C=O) groups is 1. The predicted octanol–water partition coefficient (Wildman–Crippen LogP) is 0.729. The highest BCUT2D eigenvalue weighted by Gasteiger charge is 2.04. The summed E-state index contributed by atoms with van der Waals surface area (Å²) >= 11 is 0. The molecule has 0 aliphatic carbocycles. The Bertz CT molecular complexity index is 427. The molecule has 0 bridgehead atoms. The summed E-state index contributed by atoms with van der Waals surface area (Å²) < 4.78 is 23.1. The first-order valence-electron chi connectivity index (χ1n) is 6.46. The zero-order valence-electron chi connectivity index (χ0n) is 11.9. The second-order valence-electron chi connectivity index (χ2n) is 4.24. The normalized spacial score (nSPS) is 10.3. The fraction of sp³-hybridized carbons (Fsp3) is 0.500. The lowest BCUT2D eigenvalue weighted by atomic mass is 10.1. The van der Waals surface area contributed by atoms with Gasteiger partial charge in [-0.15, -0.1) is 0 Å². The van der Waals surface area contributed by atoms with Gasteiger partial charge in [0.15, 0.2) is 11.6 Å². The molecule has 0 saturated carbocycles. The third-order valence-electron chi connectivity index (χ3n) is 2.72. The van der Waals surface area contributed by atoms with E-state index in [0.717, 1.165) is 5.56 Å². The van der Waals surface area contributed by atoms with Crippen LogP contribution in [0.1, 0.15) is 5.56 Å². The van der Waals surface area contributed by atoms with E-state index in [1.165, 1.54) is 13.2 Å². The van der Waals surface area contributed by atoms with Crippen molar-refractivity contribution < 1.29 is 18.7 Å². The van der Waals surface area contributed by atoms with Crippen molar-refractivity contribution in [3.05, 3.63) is 29.6 Å². The van der Waals surface area contributed by atoms with Crippen molar-refractivity contribution in [1.29, 1.82) is 0 Å². The van der Waals surface area contributed by atoms with Crippen molar-refractivity contribution in [2.75, 3.05) is 40.5 Å². The highest BCUT2D eigenvalue weighted by atomic mass is 19.1. The molecule has 0 aliphatic rings. The fourth-order valence-corrected chi connectivity index (χ4v) is 1.65. The van der Waals surface area contributed by atoms with E-state index in [0.29, 0.717) is 26.1 Å². The van der Waals surface area contributed by atoms with E-state index in [1.54, 1.807) is 19.2 Å². The van der Waals surface area contributed by atoms with Crippen molar-refractivity contribution in [3.63, 3.8) is 0 Å². The average Bonchev–Trinajstić information content (AvgIpc) is 2.44. The minimum atomic E-state index is -0.391. The number of amides is 1. The van der Waals surface area contributed by atoms with Gasteiger partial charge in [0.05, 0.1) is 20.3 Å². The molecule has 0 aromatic heterocycles. The van der Waals surface area contributed by atoms with Gasteiger partial charge in [-0.05, 0) is 24.1 Å². The van der Waals surface area contributed by atoms with Gasteiger partial charge in [-0.1, -0.05) is 6.07 Å². The van der Waals surface area contributed by atoms with Gasteiger partial charge in [0.25, 0.3) is 0 Å². The van der Waals surface area contributed by atoms with Gasteiger partial charge in [0.2, 0.25) is 5.91 Å². The van der Waals surface area contributed by atoms with Crippen molar-refractivity contribution in [2.24, 2.45) is 0 Å². The predicted molar refractivity (Wildman–Crippen MR) is 74.4 cm³/mol. The molecule has 20 heavy (non-hydrogen) atoms. The van der Waals surface area contributed by atoms with Crippen LogP contribution < -0.4 is 15.4 Å². The number of benzene rings is 1. The van der Waals surface area contributed by atoms with Crippen molar-refractivity contribution in [1.82, 2.24) is 10.6 Å². The first kappa shape index (κ1) is 16.4. The fourth-order valence-electron chi connectivity index (χ4n) is 1.65. The smallest absolute Gasteiger partial charge is 0.233 e. The van der Waals surface area contributed by atoms with E-state index in [2.05, 4.69) is 10.6 Å². The average molecular weight is 284 g/mol. The lowest BCUT2D eigenvalue weighted by Crippen LogP contribution is -2.36. The second-order valence-corrected chi connectivity index (χ2v) is 4.24. The van der Waals surface area contributed by atoms with Crippen LogP contribution in [-0.4, -0.2) is 46.4 Å². The summed E-state index contributed by atoms with van der Waals surface area (Å²) in [5.41, 5.74) is 0.816. The van der Waals surface area contributed by atoms with E-state index in [1.807, 2.05) is 0 Å². The number of hydrogen-bond acceptors (Lipinski definition) is 4. The van der Waals surface area contributed by atoms with Gasteiger partial charge in [-0.25, -0.2) is 4.39 Å². The number of halogens is 1. The molecule has 0 unspecified atom stereocenters. The quantitative estimate of drug-likeness (QED) is 0.656. The van der Waals surface area contributed by atoms with E-state index in [9.17, 15) is 9.18 Å². The lowest BCUT2D eigenvalue weighted by Gasteiger charge is -2.08. The van der Waals surface area contributed by atoms with E-state index in [-0.39, 0.29) is 18.2 Å². The third-order valence-corrected chi connectivity index (χ3v) is 2.72. The summed E-state index contributed by atoms with van der Waals surface area (Å²) in [4.78, 5) is 11.5. The molecule has 1 rings (SSSR count). The van der Waals surface area contributed by atoms with Gasteiger partial charge >= 0.3 is 0 Å². The minimum Gasteiger partial charge on any atom is -0.494 e. The van der Waals surface area contributed by atoms with Crippen LogP contribution >= 0.6 is 0 Å². The maximum Gasteiger partial charge on any atom is 0.233 e.